The molecule has 1 atom stereocenters. The summed E-state index contributed by atoms with van der Waals surface area (Å²) in [4.78, 5) is 0. The molecule has 2 heteroatoms. The van der Waals surface area contributed by atoms with Gasteiger partial charge in [-0.2, -0.15) is 0 Å². The lowest BCUT2D eigenvalue weighted by Crippen LogP contribution is -2.33. The van der Waals surface area contributed by atoms with Crippen molar-refractivity contribution < 1.29 is 4.74 Å². The van der Waals surface area contributed by atoms with Crippen LogP contribution in [-0.4, -0.2) is 6.23 Å². The molecule has 0 radical (unpaired) electrons. The number of hydrogen-bond donors (Lipinski definition) is 1. The smallest absolute Gasteiger partial charge is 0.150 e. The molecule has 1 rings (SSSR count). The molecule has 0 aromatic heterocycles. The van der Waals surface area contributed by atoms with E-state index in [2.05, 4.69) is 13.8 Å². The van der Waals surface area contributed by atoms with Crippen molar-refractivity contribution in [2.45, 2.75) is 33.9 Å². The monoisotopic (exact) mass is 193 g/mol. The molecule has 0 amide bonds. The Morgan fingerprint density at radius 2 is 1.64 bits per heavy atom. The third-order valence-corrected chi connectivity index (χ3v) is 2.32. The third kappa shape index (κ3) is 2.48. The lowest BCUT2D eigenvalue weighted by Gasteiger charge is -2.20. The molecule has 0 saturated heterocycles. The predicted molar refractivity (Wildman–Crippen MR) is 59.4 cm³/mol. The molecule has 0 aliphatic heterocycles. The molecule has 2 nitrogen and oxygen atoms in total. The van der Waals surface area contributed by atoms with Gasteiger partial charge in [-0.05, 0) is 25.0 Å². The van der Waals surface area contributed by atoms with E-state index in [1.165, 1.54) is 0 Å². The van der Waals surface area contributed by atoms with Gasteiger partial charge in [0.05, 0.1) is 0 Å². The topological polar surface area (TPSA) is 35.2 Å². The zero-order valence-electron chi connectivity index (χ0n) is 9.37. The van der Waals surface area contributed by atoms with E-state index >= 15 is 0 Å². The van der Waals surface area contributed by atoms with Crippen LogP contribution in [0, 0.1) is 19.8 Å². The van der Waals surface area contributed by atoms with Crippen molar-refractivity contribution in [2.24, 2.45) is 11.7 Å². The second-order valence-electron chi connectivity index (χ2n) is 4.05. The molecule has 0 bridgehead atoms. The van der Waals surface area contributed by atoms with Gasteiger partial charge in [-0.3, -0.25) is 5.73 Å². The fourth-order valence-corrected chi connectivity index (χ4v) is 1.26. The van der Waals surface area contributed by atoms with Gasteiger partial charge in [-0.1, -0.05) is 32.0 Å². The van der Waals surface area contributed by atoms with Gasteiger partial charge in [0.2, 0.25) is 0 Å². The van der Waals surface area contributed by atoms with Crippen molar-refractivity contribution in [1.29, 1.82) is 0 Å². The van der Waals surface area contributed by atoms with Crippen LogP contribution in [0.2, 0.25) is 0 Å². The second kappa shape index (κ2) is 4.47. The summed E-state index contributed by atoms with van der Waals surface area (Å²) in [5.74, 6) is 1.25. The number of nitrogens with two attached hydrogens (primary N) is 1. The zero-order valence-corrected chi connectivity index (χ0v) is 9.37. The van der Waals surface area contributed by atoms with Crippen molar-refractivity contribution in [3.05, 3.63) is 29.3 Å². The van der Waals surface area contributed by atoms with E-state index in [9.17, 15) is 0 Å². The summed E-state index contributed by atoms with van der Waals surface area (Å²) in [6.45, 7) is 8.18. The summed E-state index contributed by atoms with van der Waals surface area (Å²) in [6, 6.07) is 6.10. The number of rotatable bonds is 3. The zero-order chi connectivity index (χ0) is 10.7. The predicted octanol–water partition coefficient (Wildman–Crippen LogP) is 2.62. The van der Waals surface area contributed by atoms with Crippen LogP contribution in [0.3, 0.4) is 0 Å². The highest BCUT2D eigenvalue weighted by atomic mass is 16.5. The first-order valence-electron chi connectivity index (χ1n) is 5.01. The highest BCUT2D eigenvalue weighted by molar-refractivity contribution is 5.39. The maximum absolute atomic E-state index is 5.86. The molecule has 0 aliphatic carbocycles. The second-order valence-corrected chi connectivity index (χ2v) is 4.05. The normalized spacial score (nSPS) is 13.0. The van der Waals surface area contributed by atoms with E-state index in [0.29, 0.717) is 5.92 Å². The molecule has 1 aromatic rings. The molecule has 0 fully saturated rings. The summed E-state index contributed by atoms with van der Waals surface area (Å²) in [6.07, 6.45) is -0.227. The Labute approximate surface area is 86.1 Å². The van der Waals surface area contributed by atoms with Crippen LogP contribution in [0.1, 0.15) is 25.0 Å². The van der Waals surface area contributed by atoms with Gasteiger partial charge in [0.15, 0.2) is 0 Å². The van der Waals surface area contributed by atoms with Gasteiger partial charge in [0.1, 0.15) is 12.0 Å². The Bertz CT molecular complexity index is 287. The SMILES string of the molecule is Cc1cccc(C)c1OC(N)C(C)C. The Hall–Kier alpha value is -1.02. The molecule has 2 N–H and O–H groups in total. The van der Waals surface area contributed by atoms with E-state index in [4.69, 9.17) is 10.5 Å². The lowest BCUT2D eigenvalue weighted by atomic mass is 10.1. The average molecular weight is 193 g/mol. The molecule has 1 aromatic carbocycles. The number of aryl methyl sites for hydroxylation is 2. The van der Waals surface area contributed by atoms with Gasteiger partial charge in [0.25, 0.3) is 0 Å². The van der Waals surface area contributed by atoms with E-state index in [0.717, 1.165) is 16.9 Å². The minimum absolute atomic E-state index is 0.227. The summed E-state index contributed by atoms with van der Waals surface area (Å²) in [7, 11) is 0. The molecule has 0 heterocycles. The maximum atomic E-state index is 5.86. The van der Waals surface area contributed by atoms with Crippen molar-refractivity contribution in [1.82, 2.24) is 0 Å². The number of para-hydroxylation sites is 1. The molecular weight excluding hydrogens is 174 g/mol. The third-order valence-electron chi connectivity index (χ3n) is 2.32. The van der Waals surface area contributed by atoms with Crippen LogP contribution >= 0.6 is 0 Å². The average Bonchev–Trinajstić information content (AvgIpc) is 2.11. The standard InChI is InChI=1S/C12H19NO/c1-8(2)12(13)14-11-9(3)6-5-7-10(11)4/h5-8,12H,13H2,1-4H3. The van der Waals surface area contributed by atoms with E-state index in [1.807, 2.05) is 32.0 Å². The van der Waals surface area contributed by atoms with Gasteiger partial charge >= 0.3 is 0 Å². The molecule has 0 spiro atoms. The van der Waals surface area contributed by atoms with E-state index in [1.54, 1.807) is 0 Å². The van der Waals surface area contributed by atoms with Crippen molar-refractivity contribution >= 4 is 0 Å². The van der Waals surface area contributed by atoms with Gasteiger partial charge in [0, 0.05) is 5.92 Å². The van der Waals surface area contributed by atoms with E-state index in [-0.39, 0.29) is 6.23 Å². The van der Waals surface area contributed by atoms with Crippen LogP contribution < -0.4 is 10.5 Å². The molecule has 0 saturated carbocycles. The minimum atomic E-state index is -0.227. The lowest BCUT2D eigenvalue weighted by molar-refractivity contribution is 0.156. The summed E-state index contributed by atoms with van der Waals surface area (Å²) in [5.41, 5.74) is 8.14. The van der Waals surface area contributed by atoms with Crippen LogP contribution in [0.25, 0.3) is 0 Å². The fraction of sp³-hybridized carbons (Fsp3) is 0.500. The first-order chi connectivity index (χ1) is 6.52. The van der Waals surface area contributed by atoms with Crippen LogP contribution in [0.4, 0.5) is 0 Å². The minimum Gasteiger partial charge on any atom is -0.475 e. The largest absolute Gasteiger partial charge is 0.475 e. The van der Waals surface area contributed by atoms with Gasteiger partial charge in [-0.25, -0.2) is 0 Å². The van der Waals surface area contributed by atoms with Crippen molar-refractivity contribution in [2.75, 3.05) is 0 Å². The molecule has 1 unspecified atom stereocenters. The maximum Gasteiger partial charge on any atom is 0.150 e. The van der Waals surface area contributed by atoms with Crippen LogP contribution in [0.15, 0.2) is 18.2 Å². The molecule has 14 heavy (non-hydrogen) atoms. The summed E-state index contributed by atoms with van der Waals surface area (Å²) in [5, 5.41) is 0. The Morgan fingerprint density at radius 3 is 2.07 bits per heavy atom. The van der Waals surface area contributed by atoms with E-state index < -0.39 is 0 Å². The molecule has 78 valence electrons. The fourth-order valence-electron chi connectivity index (χ4n) is 1.26. The van der Waals surface area contributed by atoms with Crippen LogP contribution in [0.5, 0.6) is 5.75 Å². The van der Waals surface area contributed by atoms with Crippen molar-refractivity contribution in [3.8, 4) is 5.75 Å². The Kier molecular flexibility index (Phi) is 3.53. The quantitative estimate of drug-likeness (QED) is 0.749. The van der Waals surface area contributed by atoms with Gasteiger partial charge < -0.3 is 4.74 Å². The number of benzene rings is 1. The van der Waals surface area contributed by atoms with Crippen molar-refractivity contribution in [3.63, 3.8) is 0 Å². The molecule has 0 aliphatic rings. The van der Waals surface area contributed by atoms with Gasteiger partial charge in [-0.15, -0.1) is 0 Å². The Morgan fingerprint density at radius 1 is 1.14 bits per heavy atom. The molecular formula is C12H19NO. The summed E-state index contributed by atoms with van der Waals surface area (Å²) >= 11 is 0. The first-order valence-corrected chi connectivity index (χ1v) is 5.01. The highest BCUT2D eigenvalue weighted by Crippen LogP contribution is 2.23. The Balaban J connectivity index is 2.85. The summed E-state index contributed by atoms with van der Waals surface area (Å²) < 4.78 is 5.72. The number of ether oxygens (including phenoxy) is 1. The first kappa shape index (κ1) is 11.1. The van der Waals surface area contributed by atoms with Crippen LogP contribution in [-0.2, 0) is 0 Å². The highest BCUT2D eigenvalue weighted by Gasteiger charge is 2.11. The number of hydrogen-bond acceptors (Lipinski definition) is 2.